The van der Waals surface area contributed by atoms with Crippen molar-refractivity contribution in [2.45, 2.75) is 51.1 Å². The monoisotopic (exact) mass is 362 g/mol. The molecular weight excluding hydrogens is 328 g/mol. The Morgan fingerprint density at radius 3 is 1.88 bits per heavy atom. The second-order valence-electron chi connectivity index (χ2n) is 7.49. The molecule has 1 saturated heterocycles. The summed E-state index contributed by atoms with van der Waals surface area (Å²) in [5.74, 6) is 2.13. The molecule has 0 atom stereocenters. The molecule has 1 heterocycles. The van der Waals surface area contributed by atoms with Crippen LogP contribution in [-0.2, 0) is 6.54 Å². The third-order valence-electron chi connectivity index (χ3n) is 5.88. The van der Waals surface area contributed by atoms with Crippen molar-refractivity contribution in [3.63, 3.8) is 0 Å². The number of ether oxygens (including phenoxy) is 3. The smallest absolute Gasteiger partial charge is 0.203 e. The van der Waals surface area contributed by atoms with Gasteiger partial charge < -0.3 is 14.2 Å². The van der Waals surface area contributed by atoms with Gasteiger partial charge in [0.25, 0.3) is 0 Å². The molecule has 0 radical (unpaired) electrons. The van der Waals surface area contributed by atoms with Crippen LogP contribution in [0.1, 0.15) is 44.1 Å². The van der Waals surface area contributed by atoms with Gasteiger partial charge in [-0.25, -0.2) is 0 Å². The zero-order valence-electron chi connectivity index (χ0n) is 16.6. The second-order valence-corrected chi connectivity index (χ2v) is 7.49. The average molecular weight is 363 g/mol. The summed E-state index contributed by atoms with van der Waals surface area (Å²) in [6.45, 7) is 5.57. The SMILES string of the molecule is COc1cc(CN2CCN(C3CCCCCC3)CC2)cc(OC)c1OC. The number of piperazine rings is 1. The molecule has 1 aromatic rings. The van der Waals surface area contributed by atoms with Crippen molar-refractivity contribution >= 4 is 0 Å². The molecule has 26 heavy (non-hydrogen) atoms. The van der Waals surface area contributed by atoms with Crippen LogP contribution in [0.3, 0.4) is 0 Å². The van der Waals surface area contributed by atoms with E-state index in [0.717, 1.165) is 37.2 Å². The molecule has 146 valence electrons. The van der Waals surface area contributed by atoms with Gasteiger partial charge in [0, 0.05) is 38.8 Å². The van der Waals surface area contributed by atoms with Gasteiger partial charge in [-0.3, -0.25) is 9.80 Å². The maximum Gasteiger partial charge on any atom is 0.203 e. The van der Waals surface area contributed by atoms with E-state index >= 15 is 0 Å². The number of nitrogens with zero attached hydrogens (tertiary/aromatic N) is 2. The topological polar surface area (TPSA) is 34.2 Å². The minimum Gasteiger partial charge on any atom is -0.493 e. The number of methoxy groups -OCH3 is 3. The quantitative estimate of drug-likeness (QED) is 0.723. The van der Waals surface area contributed by atoms with E-state index in [0.29, 0.717) is 5.75 Å². The van der Waals surface area contributed by atoms with Gasteiger partial charge in [-0.05, 0) is 30.5 Å². The van der Waals surface area contributed by atoms with Crippen molar-refractivity contribution < 1.29 is 14.2 Å². The summed E-state index contributed by atoms with van der Waals surface area (Å²) in [6.07, 6.45) is 8.47. The van der Waals surface area contributed by atoms with E-state index < -0.39 is 0 Å². The van der Waals surface area contributed by atoms with E-state index in [1.54, 1.807) is 21.3 Å². The molecule has 1 aliphatic heterocycles. The van der Waals surface area contributed by atoms with Gasteiger partial charge in [0.15, 0.2) is 11.5 Å². The Hall–Kier alpha value is -1.46. The summed E-state index contributed by atoms with van der Waals surface area (Å²) in [7, 11) is 4.99. The molecule has 0 bridgehead atoms. The summed E-state index contributed by atoms with van der Waals surface area (Å²) < 4.78 is 16.4. The number of hydrogen-bond acceptors (Lipinski definition) is 5. The first kappa shape index (κ1) is 19.3. The van der Waals surface area contributed by atoms with Crippen molar-refractivity contribution in [3.05, 3.63) is 17.7 Å². The maximum absolute atomic E-state index is 5.49. The first-order valence-electron chi connectivity index (χ1n) is 10.0. The van der Waals surface area contributed by atoms with Crippen LogP contribution in [-0.4, -0.2) is 63.4 Å². The van der Waals surface area contributed by atoms with Gasteiger partial charge in [-0.1, -0.05) is 25.7 Å². The largest absolute Gasteiger partial charge is 0.493 e. The van der Waals surface area contributed by atoms with Gasteiger partial charge in [-0.15, -0.1) is 0 Å². The lowest BCUT2D eigenvalue weighted by Crippen LogP contribution is -2.49. The van der Waals surface area contributed by atoms with E-state index in [1.807, 2.05) is 0 Å². The van der Waals surface area contributed by atoms with Gasteiger partial charge in [0.2, 0.25) is 5.75 Å². The number of benzene rings is 1. The van der Waals surface area contributed by atoms with Gasteiger partial charge in [0.05, 0.1) is 21.3 Å². The van der Waals surface area contributed by atoms with Crippen molar-refractivity contribution in [2.24, 2.45) is 0 Å². The highest BCUT2D eigenvalue weighted by Crippen LogP contribution is 2.38. The zero-order chi connectivity index (χ0) is 18.4. The third-order valence-corrected chi connectivity index (χ3v) is 5.88. The van der Waals surface area contributed by atoms with Gasteiger partial charge in [0.1, 0.15) is 0 Å². The molecule has 0 unspecified atom stereocenters. The highest BCUT2D eigenvalue weighted by molar-refractivity contribution is 5.53. The fourth-order valence-electron chi connectivity index (χ4n) is 4.39. The van der Waals surface area contributed by atoms with Crippen molar-refractivity contribution in [1.29, 1.82) is 0 Å². The lowest BCUT2D eigenvalue weighted by atomic mass is 10.1. The zero-order valence-corrected chi connectivity index (χ0v) is 16.6. The van der Waals surface area contributed by atoms with Crippen LogP contribution in [0, 0.1) is 0 Å². The molecule has 5 heteroatoms. The van der Waals surface area contributed by atoms with Crippen LogP contribution in [0.4, 0.5) is 0 Å². The van der Waals surface area contributed by atoms with Crippen LogP contribution in [0.15, 0.2) is 12.1 Å². The standard InChI is InChI=1S/C21H34N2O3/c1-24-19-14-17(15-20(25-2)21(19)26-3)16-22-10-12-23(13-11-22)18-8-6-4-5-7-9-18/h14-15,18H,4-13,16H2,1-3H3. The Kier molecular flexibility index (Phi) is 7.03. The average Bonchev–Trinajstić information content (AvgIpc) is 2.97. The van der Waals surface area contributed by atoms with Crippen LogP contribution < -0.4 is 14.2 Å². The molecule has 2 fully saturated rings. The Morgan fingerprint density at radius 1 is 0.808 bits per heavy atom. The van der Waals surface area contributed by atoms with Crippen LogP contribution in [0.25, 0.3) is 0 Å². The second kappa shape index (κ2) is 9.47. The van der Waals surface area contributed by atoms with E-state index in [4.69, 9.17) is 14.2 Å². The molecule has 5 nitrogen and oxygen atoms in total. The Balaban J connectivity index is 1.59. The first-order valence-corrected chi connectivity index (χ1v) is 10.0. The van der Waals surface area contributed by atoms with E-state index in [1.165, 1.54) is 57.2 Å². The molecule has 1 aromatic carbocycles. The van der Waals surface area contributed by atoms with E-state index in [2.05, 4.69) is 21.9 Å². The molecule has 0 spiro atoms. The molecule has 1 aliphatic carbocycles. The number of rotatable bonds is 6. The highest BCUT2D eigenvalue weighted by atomic mass is 16.5. The number of hydrogen-bond donors (Lipinski definition) is 0. The first-order chi connectivity index (χ1) is 12.7. The van der Waals surface area contributed by atoms with Crippen molar-refractivity contribution in [2.75, 3.05) is 47.5 Å². The molecule has 0 amide bonds. The fourth-order valence-corrected chi connectivity index (χ4v) is 4.39. The maximum atomic E-state index is 5.49. The summed E-state index contributed by atoms with van der Waals surface area (Å²) in [5, 5.41) is 0. The van der Waals surface area contributed by atoms with Gasteiger partial charge in [-0.2, -0.15) is 0 Å². The minimum atomic E-state index is 0.664. The summed E-state index contributed by atoms with van der Waals surface area (Å²) in [5.41, 5.74) is 1.21. The predicted molar refractivity (Wildman–Crippen MR) is 104 cm³/mol. The van der Waals surface area contributed by atoms with E-state index in [9.17, 15) is 0 Å². The molecule has 0 aromatic heterocycles. The van der Waals surface area contributed by atoms with Crippen molar-refractivity contribution in [3.8, 4) is 17.2 Å². The molecule has 1 saturated carbocycles. The van der Waals surface area contributed by atoms with Gasteiger partial charge >= 0.3 is 0 Å². The van der Waals surface area contributed by atoms with Crippen molar-refractivity contribution in [1.82, 2.24) is 9.80 Å². The normalized spacial score (nSPS) is 20.6. The molecule has 2 aliphatic rings. The summed E-state index contributed by atoms with van der Waals surface area (Å²) in [6, 6.07) is 4.96. The molecule has 3 rings (SSSR count). The fraction of sp³-hybridized carbons (Fsp3) is 0.714. The molecule has 0 N–H and O–H groups in total. The molecular formula is C21H34N2O3. The van der Waals surface area contributed by atoms with E-state index in [-0.39, 0.29) is 0 Å². The lowest BCUT2D eigenvalue weighted by molar-refractivity contribution is 0.0850. The summed E-state index contributed by atoms with van der Waals surface area (Å²) in [4.78, 5) is 5.27. The summed E-state index contributed by atoms with van der Waals surface area (Å²) >= 11 is 0. The predicted octanol–water partition coefficient (Wildman–Crippen LogP) is 3.55. The lowest BCUT2D eigenvalue weighted by Gasteiger charge is -2.39. The van der Waals surface area contributed by atoms with Crippen LogP contribution >= 0.6 is 0 Å². The Bertz CT molecular complexity index is 537. The third kappa shape index (κ3) is 4.63. The highest BCUT2D eigenvalue weighted by Gasteiger charge is 2.25. The minimum absolute atomic E-state index is 0.664. The Morgan fingerprint density at radius 2 is 1.38 bits per heavy atom. The van der Waals surface area contributed by atoms with Crippen LogP contribution in [0.5, 0.6) is 17.2 Å². The van der Waals surface area contributed by atoms with Crippen LogP contribution in [0.2, 0.25) is 0 Å². The Labute approximate surface area is 158 Å².